The van der Waals surface area contributed by atoms with Gasteiger partial charge in [0, 0.05) is 59.1 Å². The lowest BCUT2D eigenvalue weighted by Crippen LogP contribution is -2.35. The molecule has 2 rings (SSSR count). The second-order valence-corrected chi connectivity index (χ2v) is 13.0. The predicted molar refractivity (Wildman–Crippen MR) is 176 cm³/mol. The number of ketones is 2. The van der Waals surface area contributed by atoms with Crippen molar-refractivity contribution in [2.75, 3.05) is 5.73 Å². The molecule has 0 aromatic carbocycles. The van der Waals surface area contributed by atoms with Gasteiger partial charge in [-0.15, -0.1) is 11.8 Å². The molecule has 0 bridgehead atoms. The van der Waals surface area contributed by atoms with E-state index in [9.17, 15) is 22.8 Å². The Morgan fingerprint density at radius 2 is 1.75 bits per heavy atom. The number of halogens is 3. The molecule has 2 aromatic heterocycles. The molecule has 0 unspecified atom stereocenters. The number of hydrogen-bond acceptors (Lipinski definition) is 6. The molecular weight excluding hydrogens is 585 g/mol. The van der Waals surface area contributed by atoms with E-state index in [1.165, 1.54) is 11.8 Å². The van der Waals surface area contributed by atoms with Crippen molar-refractivity contribution in [3.63, 3.8) is 0 Å². The third kappa shape index (κ3) is 8.52. The second kappa shape index (κ2) is 14.8. The summed E-state index contributed by atoms with van der Waals surface area (Å²) in [4.78, 5) is 35.7. The van der Waals surface area contributed by atoms with Crippen LogP contribution in [0.15, 0.2) is 34.7 Å². The lowest BCUT2D eigenvalue weighted by Gasteiger charge is -2.32. The van der Waals surface area contributed by atoms with Crippen LogP contribution in [0.1, 0.15) is 103 Å². The first kappa shape index (κ1) is 37.0. The number of anilines is 1. The third-order valence-electron chi connectivity index (χ3n) is 8.33. The molecule has 242 valence electrons. The summed E-state index contributed by atoms with van der Waals surface area (Å²) in [6, 6.07) is 0. The first-order valence-electron chi connectivity index (χ1n) is 15.0. The van der Waals surface area contributed by atoms with Crippen LogP contribution in [0.5, 0.6) is 0 Å². The van der Waals surface area contributed by atoms with Crippen LogP contribution < -0.4 is 5.73 Å². The maximum Gasteiger partial charge on any atom is 0.389 e. The van der Waals surface area contributed by atoms with Gasteiger partial charge in [-0.3, -0.25) is 9.59 Å². The zero-order chi connectivity index (χ0) is 33.6. The summed E-state index contributed by atoms with van der Waals surface area (Å²) in [5.74, 6) is 0.498. The molecule has 0 fully saturated rings. The Bertz CT molecular complexity index is 1430. The zero-order valence-corrected chi connectivity index (χ0v) is 28.4. The number of carbonyl (C=O) groups excluding carboxylic acids is 2. The fourth-order valence-electron chi connectivity index (χ4n) is 5.24. The van der Waals surface area contributed by atoms with Crippen LogP contribution in [0.2, 0.25) is 0 Å². The Morgan fingerprint density at radius 1 is 1.11 bits per heavy atom. The molecule has 0 saturated heterocycles. The minimum atomic E-state index is -4.22. The number of rotatable bonds is 15. The lowest BCUT2D eigenvalue weighted by atomic mass is 9.76. The van der Waals surface area contributed by atoms with Crippen LogP contribution in [0.25, 0.3) is 17.5 Å². The van der Waals surface area contributed by atoms with Crippen LogP contribution in [-0.2, 0) is 21.5 Å². The van der Waals surface area contributed by atoms with Gasteiger partial charge in [0.05, 0.1) is 5.41 Å². The first-order valence-corrected chi connectivity index (χ1v) is 15.8. The Labute approximate surface area is 264 Å². The van der Waals surface area contributed by atoms with E-state index < -0.39 is 23.4 Å². The second-order valence-electron chi connectivity index (χ2n) is 12.0. The first-order chi connectivity index (χ1) is 20.3. The highest BCUT2D eigenvalue weighted by molar-refractivity contribution is 8.05. The van der Waals surface area contributed by atoms with Gasteiger partial charge >= 0.3 is 6.18 Å². The summed E-state index contributed by atoms with van der Waals surface area (Å²) in [7, 11) is 0. The summed E-state index contributed by atoms with van der Waals surface area (Å²) >= 11 is 1.36. The van der Waals surface area contributed by atoms with Crippen LogP contribution in [0, 0.1) is 19.3 Å². The Hall–Kier alpha value is -3.14. The van der Waals surface area contributed by atoms with Crippen molar-refractivity contribution in [2.45, 2.75) is 113 Å². The number of carbonyl (C=O) groups is 2. The summed E-state index contributed by atoms with van der Waals surface area (Å²) in [6.45, 7) is 21.0. The fourth-order valence-corrected chi connectivity index (χ4v) is 6.26. The van der Waals surface area contributed by atoms with Gasteiger partial charge in [-0.05, 0) is 64.2 Å². The number of allylic oxidation sites excluding steroid dienone is 3. The van der Waals surface area contributed by atoms with E-state index in [0.717, 1.165) is 23.3 Å². The molecule has 2 aromatic rings. The SMILES string of the molecule is C=C(S/C=C(\CC)CC(C)(C)C(C)=O)[C@](C)(C(=O)CC)c1c(C)nc(-c2cn(CCCC(F)(F)F)c(C)c2/C=C\C)nc1N. The average molecular weight is 633 g/mol. The van der Waals surface area contributed by atoms with Crippen LogP contribution >= 0.6 is 11.8 Å². The molecule has 0 radical (unpaired) electrons. The summed E-state index contributed by atoms with van der Waals surface area (Å²) in [5.41, 5.74) is 9.24. The predicted octanol–water partition coefficient (Wildman–Crippen LogP) is 9.30. The van der Waals surface area contributed by atoms with E-state index >= 15 is 0 Å². The van der Waals surface area contributed by atoms with Crippen LogP contribution in [0.4, 0.5) is 19.0 Å². The molecule has 0 aliphatic heterocycles. The standard InChI is InChI=1S/C34H47F3N4O2S/c1-11-15-26-22(5)41(17-14-16-34(35,36)37)19-27(26)31-39-21(4)29(30(38)40-31)33(10,28(43)13-3)24(7)44-20-25(12-2)18-32(8,9)23(6)42/h11,15,19-20H,7,12-14,16-18H2,1-6,8-10H3,(H2,38,39,40)/b15-11-,25-20+/t33-/m1/s1. The minimum absolute atomic E-state index is 0.0492. The molecule has 1 atom stereocenters. The monoisotopic (exact) mass is 632 g/mol. The topological polar surface area (TPSA) is 90.9 Å². The van der Waals surface area contributed by atoms with Crippen molar-refractivity contribution in [2.24, 2.45) is 5.41 Å². The zero-order valence-electron chi connectivity index (χ0n) is 27.5. The molecule has 2 heterocycles. The third-order valence-corrected chi connectivity index (χ3v) is 9.47. The van der Waals surface area contributed by atoms with Gasteiger partial charge in [-0.25, -0.2) is 9.97 Å². The highest BCUT2D eigenvalue weighted by Gasteiger charge is 2.41. The highest BCUT2D eigenvalue weighted by atomic mass is 32.2. The minimum Gasteiger partial charge on any atom is -0.383 e. The Balaban J connectivity index is 2.58. The van der Waals surface area contributed by atoms with E-state index in [1.54, 1.807) is 38.5 Å². The Morgan fingerprint density at radius 3 is 2.25 bits per heavy atom. The van der Waals surface area contributed by atoms with Gasteiger partial charge in [0.25, 0.3) is 0 Å². The molecular formula is C34H47F3N4O2S. The highest BCUT2D eigenvalue weighted by Crippen LogP contribution is 2.44. The maximum absolute atomic E-state index is 13.6. The molecule has 10 heteroatoms. The maximum atomic E-state index is 13.6. The van der Waals surface area contributed by atoms with Crippen molar-refractivity contribution >= 4 is 35.2 Å². The van der Waals surface area contributed by atoms with Gasteiger partial charge in [0.1, 0.15) is 17.4 Å². The van der Waals surface area contributed by atoms with Crippen molar-refractivity contribution in [3.05, 3.63) is 57.3 Å². The normalized spacial score (nSPS) is 14.2. The number of nitrogen functional groups attached to an aromatic ring is 1. The molecule has 2 N–H and O–H groups in total. The van der Waals surface area contributed by atoms with Crippen LogP contribution in [-0.4, -0.2) is 32.3 Å². The van der Waals surface area contributed by atoms with E-state index in [0.29, 0.717) is 34.0 Å². The van der Waals surface area contributed by atoms with E-state index in [4.69, 9.17) is 10.7 Å². The molecule has 0 saturated carbocycles. The molecule has 0 spiro atoms. The van der Waals surface area contributed by atoms with E-state index in [-0.39, 0.29) is 36.8 Å². The summed E-state index contributed by atoms with van der Waals surface area (Å²) in [6.07, 6.45) is 1.94. The van der Waals surface area contributed by atoms with Crippen molar-refractivity contribution < 1.29 is 22.8 Å². The number of Topliss-reactive ketones (excluding diaryl/α,β-unsaturated/α-hetero) is 2. The van der Waals surface area contributed by atoms with Crippen LogP contribution in [0.3, 0.4) is 0 Å². The summed E-state index contributed by atoms with van der Waals surface area (Å²) in [5, 5.41) is 1.97. The number of nitrogens with zero attached hydrogens (tertiary/aromatic N) is 3. The van der Waals surface area contributed by atoms with Gasteiger partial charge in [-0.1, -0.05) is 52.0 Å². The van der Waals surface area contributed by atoms with Crippen molar-refractivity contribution in [3.8, 4) is 11.4 Å². The Kier molecular flexibility index (Phi) is 12.4. The van der Waals surface area contributed by atoms with Gasteiger partial charge in [0.15, 0.2) is 5.82 Å². The number of nitrogens with two attached hydrogens (primary N) is 1. The van der Waals surface area contributed by atoms with Crippen molar-refractivity contribution in [1.29, 1.82) is 0 Å². The lowest BCUT2D eigenvalue weighted by molar-refractivity contribution is -0.136. The molecule has 0 aliphatic rings. The van der Waals surface area contributed by atoms with E-state index in [1.807, 2.05) is 52.2 Å². The fraction of sp³-hybridized carbons (Fsp3) is 0.529. The number of aromatic nitrogens is 3. The largest absolute Gasteiger partial charge is 0.389 e. The van der Waals surface area contributed by atoms with Gasteiger partial charge in [-0.2, -0.15) is 13.2 Å². The number of alkyl halides is 3. The molecule has 44 heavy (non-hydrogen) atoms. The summed E-state index contributed by atoms with van der Waals surface area (Å²) < 4.78 is 40.2. The smallest absolute Gasteiger partial charge is 0.383 e. The van der Waals surface area contributed by atoms with Gasteiger partial charge < -0.3 is 10.3 Å². The molecule has 6 nitrogen and oxygen atoms in total. The number of aryl methyl sites for hydroxylation is 2. The quantitative estimate of drug-likeness (QED) is 0.210. The number of thioether (sulfide) groups is 1. The van der Waals surface area contributed by atoms with Crippen molar-refractivity contribution in [1.82, 2.24) is 14.5 Å². The van der Waals surface area contributed by atoms with E-state index in [2.05, 4.69) is 11.6 Å². The molecule has 0 aliphatic carbocycles. The number of hydrogen-bond donors (Lipinski definition) is 1. The molecule has 0 amide bonds. The van der Waals surface area contributed by atoms with Gasteiger partial charge in [0.2, 0.25) is 0 Å². The average Bonchev–Trinajstić information content (AvgIpc) is 3.23.